The van der Waals surface area contributed by atoms with E-state index in [1.807, 2.05) is 18.2 Å². The minimum atomic E-state index is 0. The van der Waals surface area contributed by atoms with Gasteiger partial charge < -0.3 is 24.4 Å². The van der Waals surface area contributed by atoms with E-state index < -0.39 is 0 Å². The summed E-state index contributed by atoms with van der Waals surface area (Å²) < 4.78 is 16.4. The Balaban J connectivity index is 0.00000320. The van der Waals surface area contributed by atoms with Gasteiger partial charge in [0.05, 0.1) is 13.7 Å². The molecule has 7 heteroatoms. The van der Waals surface area contributed by atoms with Gasteiger partial charge in [0.1, 0.15) is 0 Å². The SMILES string of the molecule is COCCCOc1cc(C(=O)N(C2CCCCC2)[C@@H]2CCCNC2)ccc1OC.Cl. The molecular weight excluding hydrogens is 404 g/mol. The van der Waals surface area contributed by atoms with E-state index >= 15 is 0 Å². The van der Waals surface area contributed by atoms with Crippen LogP contribution >= 0.6 is 12.4 Å². The molecule has 30 heavy (non-hydrogen) atoms. The maximum atomic E-state index is 13.7. The smallest absolute Gasteiger partial charge is 0.254 e. The van der Waals surface area contributed by atoms with Crippen LogP contribution in [0.1, 0.15) is 61.7 Å². The van der Waals surface area contributed by atoms with Crippen molar-refractivity contribution in [2.24, 2.45) is 0 Å². The highest BCUT2D eigenvalue weighted by atomic mass is 35.5. The van der Waals surface area contributed by atoms with Gasteiger partial charge in [-0.25, -0.2) is 0 Å². The number of benzene rings is 1. The second-order valence-corrected chi connectivity index (χ2v) is 8.06. The monoisotopic (exact) mass is 440 g/mol. The van der Waals surface area contributed by atoms with Crippen molar-refractivity contribution in [2.45, 2.75) is 63.5 Å². The summed E-state index contributed by atoms with van der Waals surface area (Å²) in [6, 6.07) is 6.17. The summed E-state index contributed by atoms with van der Waals surface area (Å²) in [6.07, 6.45) is 8.92. The zero-order chi connectivity index (χ0) is 20.5. The van der Waals surface area contributed by atoms with Gasteiger partial charge in [0.15, 0.2) is 11.5 Å². The lowest BCUT2D eigenvalue weighted by molar-refractivity contribution is 0.0470. The summed E-state index contributed by atoms with van der Waals surface area (Å²) in [5.74, 6) is 1.40. The molecule has 0 bridgehead atoms. The third-order valence-electron chi connectivity index (χ3n) is 6.03. The third kappa shape index (κ3) is 6.50. The molecule has 2 fully saturated rings. The second-order valence-electron chi connectivity index (χ2n) is 8.06. The molecule has 1 amide bonds. The quantitative estimate of drug-likeness (QED) is 0.587. The molecule has 1 aliphatic carbocycles. The highest BCUT2D eigenvalue weighted by molar-refractivity contribution is 5.95. The Hall–Kier alpha value is -1.50. The molecule has 2 aliphatic rings. The number of nitrogens with one attached hydrogen (secondary N) is 1. The van der Waals surface area contributed by atoms with Gasteiger partial charge in [-0.3, -0.25) is 4.79 Å². The number of amides is 1. The molecule has 1 aromatic carbocycles. The molecular formula is C23H37ClN2O4. The molecule has 1 N–H and O–H groups in total. The number of carbonyl (C=O) groups is 1. The summed E-state index contributed by atoms with van der Waals surface area (Å²) in [7, 11) is 3.31. The maximum absolute atomic E-state index is 13.7. The number of halogens is 1. The molecule has 3 rings (SSSR count). The summed E-state index contributed by atoms with van der Waals surface area (Å²) in [5.41, 5.74) is 0.684. The number of hydrogen-bond donors (Lipinski definition) is 1. The maximum Gasteiger partial charge on any atom is 0.254 e. The zero-order valence-corrected chi connectivity index (χ0v) is 19.2. The van der Waals surface area contributed by atoms with Crippen molar-refractivity contribution in [2.75, 3.05) is 40.5 Å². The number of piperidine rings is 1. The molecule has 1 aromatic rings. The number of rotatable bonds is 9. The molecule has 170 valence electrons. The Labute approximate surface area is 187 Å². The highest BCUT2D eigenvalue weighted by Crippen LogP contribution is 2.32. The molecule has 1 saturated carbocycles. The highest BCUT2D eigenvalue weighted by Gasteiger charge is 2.33. The average Bonchev–Trinajstić information content (AvgIpc) is 2.78. The Kier molecular flexibility index (Phi) is 10.8. The van der Waals surface area contributed by atoms with Gasteiger partial charge >= 0.3 is 0 Å². The molecule has 0 spiro atoms. The minimum absolute atomic E-state index is 0. The Morgan fingerprint density at radius 1 is 1.03 bits per heavy atom. The van der Waals surface area contributed by atoms with E-state index in [-0.39, 0.29) is 24.4 Å². The number of nitrogens with zero attached hydrogens (tertiary/aromatic N) is 1. The van der Waals surface area contributed by atoms with Crippen LogP contribution in [-0.4, -0.2) is 63.4 Å². The van der Waals surface area contributed by atoms with Crippen molar-refractivity contribution in [3.8, 4) is 11.5 Å². The summed E-state index contributed by atoms with van der Waals surface area (Å²) in [5, 5.41) is 3.48. The molecule has 0 radical (unpaired) electrons. The van der Waals surface area contributed by atoms with E-state index in [1.165, 1.54) is 19.3 Å². The van der Waals surface area contributed by atoms with Gasteiger partial charge in [-0.15, -0.1) is 12.4 Å². The number of methoxy groups -OCH3 is 2. The number of ether oxygens (including phenoxy) is 3. The third-order valence-corrected chi connectivity index (χ3v) is 6.03. The summed E-state index contributed by atoms with van der Waals surface area (Å²) in [6.45, 7) is 3.11. The van der Waals surface area contributed by atoms with E-state index in [0.717, 1.165) is 45.2 Å². The second kappa shape index (κ2) is 13.0. The molecule has 0 unspecified atom stereocenters. The van der Waals surface area contributed by atoms with E-state index in [9.17, 15) is 4.79 Å². The van der Waals surface area contributed by atoms with Crippen LogP contribution in [0.15, 0.2) is 18.2 Å². The molecule has 1 aliphatic heterocycles. The predicted molar refractivity (Wildman–Crippen MR) is 121 cm³/mol. The first-order valence-electron chi connectivity index (χ1n) is 11.1. The zero-order valence-electron chi connectivity index (χ0n) is 18.4. The van der Waals surface area contributed by atoms with Crippen LogP contribution < -0.4 is 14.8 Å². The van der Waals surface area contributed by atoms with Crippen molar-refractivity contribution < 1.29 is 19.0 Å². The van der Waals surface area contributed by atoms with Crippen LogP contribution in [0.2, 0.25) is 0 Å². The largest absolute Gasteiger partial charge is 0.493 e. The van der Waals surface area contributed by atoms with Crippen molar-refractivity contribution in [3.63, 3.8) is 0 Å². The minimum Gasteiger partial charge on any atom is -0.493 e. The molecule has 1 saturated heterocycles. The molecule has 1 atom stereocenters. The normalized spacial score (nSPS) is 19.6. The number of carbonyl (C=O) groups excluding carboxylic acids is 1. The van der Waals surface area contributed by atoms with Crippen LogP contribution in [0.25, 0.3) is 0 Å². The van der Waals surface area contributed by atoms with E-state index in [2.05, 4.69) is 10.2 Å². The Morgan fingerprint density at radius 2 is 1.80 bits per heavy atom. The lowest BCUT2D eigenvalue weighted by Gasteiger charge is -2.42. The standard InChI is InChI=1S/C23H36N2O4.ClH/c1-27-14-7-15-29-22-16-18(11-12-21(22)28-2)23(26)25(19-8-4-3-5-9-19)20-10-6-13-24-17-20;/h11-12,16,19-20,24H,3-10,13-15,17H2,1-2H3;1H/t20-;/m1./s1. The van der Waals surface area contributed by atoms with Gasteiger partial charge in [0.2, 0.25) is 0 Å². The van der Waals surface area contributed by atoms with Crippen molar-refractivity contribution in [3.05, 3.63) is 23.8 Å². The van der Waals surface area contributed by atoms with Gasteiger partial charge in [0, 0.05) is 44.3 Å². The fourth-order valence-electron chi connectivity index (χ4n) is 4.52. The number of hydrogen-bond acceptors (Lipinski definition) is 5. The molecule has 6 nitrogen and oxygen atoms in total. The molecule has 0 aromatic heterocycles. The average molecular weight is 441 g/mol. The summed E-state index contributed by atoms with van der Waals surface area (Å²) in [4.78, 5) is 15.8. The lowest BCUT2D eigenvalue weighted by atomic mass is 9.91. The Morgan fingerprint density at radius 3 is 2.47 bits per heavy atom. The predicted octanol–water partition coefficient (Wildman–Crippen LogP) is 4.06. The lowest BCUT2D eigenvalue weighted by Crippen LogP contribution is -2.53. The first kappa shape index (κ1) is 24.8. The van der Waals surface area contributed by atoms with Gasteiger partial charge in [-0.2, -0.15) is 0 Å². The van der Waals surface area contributed by atoms with Crippen molar-refractivity contribution in [1.82, 2.24) is 10.2 Å². The van der Waals surface area contributed by atoms with E-state index in [0.29, 0.717) is 36.3 Å². The van der Waals surface area contributed by atoms with Gasteiger partial charge in [-0.1, -0.05) is 19.3 Å². The van der Waals surface area contributed by atoms with Crippen LogP contribution in [-0.2, 0) is 4.74 Å². The first-order valence-corrected chi connectivity index (χ1v) is 11.1. The van der Waals surface area contributed by atoms with Gasteiger partial charge in [0.25, 0.3) is 5.91 Å². The van der Waals surface area contributed by atoms with Crippen LogP contribution in [0.5, 0.6) is 11.5 Å². The fourth-order valence-corrected chi connectivity index (χ4v) is 4.52. The Bertz CT molecular complexity index is 628. The van der Waals surface area contributed by atoms with E-state index in [1.54, 1.807) is 14.2 Å². The summed E-state index contributed by atoms with van der Waals surface area (Å²) >= 11 is 0. The topological polar surface area (TPSA) is 60.0 Å². The van der Waals surface area contributed by atoms with Crippen LogP contribution in [0.3, 0.4) is 0 Å². The molecule has 1 heterocycles. The van der Waals surface area contributed by atoms with Gasteiger partial charge in [-0.05, 0) is 50.4 Å². The first-order chi connectivity index (χ1) is 14.2. The van der Waals surface area contributed by atoms with E-state index in [4.69, 9.17) is 14.2 Å². The van der Waals surface area contributed by atoms with Crippen molar-refractivity contribution in [1.29, 1.82) is 0 Å². The van der Waals surface area contributed by atoms with Crippen molar-refractivity contribution >= 4 is 18.3 Å². The fraction of sp³-hybridized carbons (Fsp3) is 0.696. The van der Waals surface area contributed by atoms with Crippen LogP contribution in [0, 0.1) is 0 Å². The van der Waals surface area contributed by atoms with Crippen LogP contribution in [0.4, 0.5) is 0 Å².